The quantitative estimate of drug-likeness (QED) is 0.858. The van der Waals surface area contributed by atoms with Gasteiger partial charge in [0.1, 0.15) is 5.75 Å². The van der Waals surface area contributed by atoms with Gasteiger partial charge in [0.2, 0.25) is 0 Å². The molecule has 1 atom stereocenters. The van der Waals surface area contributed by atoms with Crippen molar-refractivity contribution in [3.05, 3.63) is 53.6 Å². The lowest BCUT2D eigenvalue weighted by Gasteiger charge is -2.22. The maximum Gasteiger partial charge on any atom is 0.115 e. The molecule has 0 saturated carbocycles. The molecule has 21 heavy (non-hydrogen) atoms. The molecule has 2 aromatic rings. The van der Waals surface area contributed by atoms with Crippen LogP contribution in [0.3, 0.4) is 0 Å². The van der Waals surface area contributed by atoms with Gasteiger partial charge in [-0.1, -0.05) is 19.1 Å². The van der Waals surface area contributed by atoms with E-state index in [9.17, 15) is 5.11 Å². The molecule has 2 N–H and O–H groups in total. The van der Waals surface area contributed by atoms with Crippen LogP contribution in [-0.2, 0) is 0 Å². The van der Waals surface area contributed by atoms with Gasteiger partial charge in [0.15, 0.2) is 0 Å². The zero-order valence-corrected chi connectivity index (χ0v) is 13.2. The van der Waals surface area contributed by atoms with Crippen LogP contribution in [0.5, 0.6) is 5.75 Å². The predicted octanol–water partition coefficient (Wildman–Crippen LogP) is 4.33. The summed E-state index contributed by atoms with van der Waals surface area (Å²) in [6, 6.07) is 14.1. The molecule has 0 aromatic heterocycles. The van der Waals surface area contributed by atoms with Crippen molar-refractivity contribution in [1.29, 1.82) is 0 Å². The van der Waals surface area contributed by atoms with Crippen LogP contribution in [0.15, 0.2) is 42.5 Å². The number of nitrogens with zero attached hydrogens (tertiary/aromatic N) is 1. The Labute approximate surface area is 127 Å². The number of nitrogens with one attached hydrogen (secondary N) is 1. The molecule has 3 heteroatoms. The van der Waals surface area contributed by atoms with Crippen molar-refractivity contribution in [2.45, 2.75) is 26.3 Å². The zero-order chi connectivity index (χ0) is 15.4. The predicted molar refractivity (Wildman–Crippen MR) is 90.3 cm³/mol. The van der Waals surface area contributed by atoms with Crippen LogP contribution in [0.2, 0.25) is 0 Å². The summed E-state index contributed by atoms with van der Waals surface area (Å²) in [5, 5.41) is 13.0. The van der Waals surface area contributed by atoms with E-state index < -0.39 is 0 Å². The monoisotopic (exact) mass is 284 g/mol. The van der Waals surface area contributed by atoms with Crippen molar-refractivity contribution in [1.82, 2.24) is 0 Å². The first-order valence-corrected chi connectivity index (χ1v) is 7.34. The lowest BCUT2D eigenvalue weighted by Crippen LogP contribution is -2.12. The number of anilines is 2. The highest BCUT2D eigenvalue weighted by Crippen LogP contribution is 2.28. The average molecular weight is 284 g/mol. The molecule has 0 amide bonds. The number of rotatable bonds is 5. The Morgan fingerprint density at radius 3 is 2.29 bits per heavy atom. The molecule has 0 aliphatic heterocycles. The summed E-state index contributed by atoms with van der Waals surface area (Å²) >= 11 is 0. The third kappa shape index (κ3) is 3.69. The summed E-state index contributed by atoms with van der Waals surface area (Å²) < 4.78 is 0. The van der Waals surface area contributed by atoms with Crippen molar-refractivity contribution in [2.75, 3.05) is 24.3 Å². The van der Waals surface area contributed by atoms with E-state index in [1.807, 2.05) is 26.2 Å². The number of hydrogen-bond donors (Lipinski definition) is 2. The number of phenolic OH excluding ortho intramolecular Hbond substituents is 1. The van der Waals surface area contributed by atoms with Crippen LogP contribution >= 0.6 is 0 Å². The highest BCUT2D eigenvalue weighted by Gasteiger charge is 2.11. The number of hydrogen-bond acceptors (Lipinski definition) is 3. The van der Waals surface area contributed by atoms with Crippen molar-refractivity contribution in [3.63, 3.8) is 0 Å². The third-order valence-electron chi connectivity index (χ3n) is 3.76. The molecule has 2 aromatic carbocycles. The molecular weight excluding hydrogens is 260 g/mol. The first kappa shape index (κ1) is 15.2. The molecule has 112 valence electrons. The van der Waals surface area contributed by atoms with Gasteiger partial charge in [-0.25, -0.2) is 0 Å². The van der Waals surface area contributed by atoms with Gasteiger partial charge in [-0.15, -0.1) is 0 Å². The molecule has 0 aliphatic carbocycles. The Balaban J connectivity index is 2.20. The maximum atomic E-state index is 9.40. The molecule has 0 saturated heterocycles. The fourth-order valence-corrected chi connectivity index (χ4v) is 2.40. The Morgan fingerprint density at radius 2 is 1.76 bits per heavy atom. The highest BCUT2D eigenvalue weighted by molar-refractivity contribution is 5.60. The van der Waals surface area contributed by atoms with Gasteiger partial charge < -0.3 is 15.3 Å². The molecule has 0 heterocycles. The van der Waals surface area contributed by atoms with Crippen LogP contribution < -0.4 is 10.2 Å². The minimum Gasteiger partial charge on any atom is -0.508 e. The Kier molecular flexibility index (Phi) is 4.73. The van der Waals surface area contributed by atoms with Gasteiger partial charge in [0, 0.05) is 25.5 Å². The summed E-state index contributed by atoms with van der Waals surface area (Å²) in [5.41, 5.74) is 4.78. The molecular formula is C18H24N2O. The summed E-state index contributed by atoms with van der Waals surface area (Å²) in [6.07, 6.45) is 0.986. The van der Waals surface area contributed by atoms with E-state index in [0.717, 1.165) is 12.1 Å². The largest absolute Gasteiger partial charge is 0.508 e. The van der Waals surface area contributed by atoms with Gasteiger partial charge in [-0.05, 0) is 54.8 Å². The summed E-state index contributed by atoms with van der Waals surface area (Å²) in [5.74, 6) is 0.306. The fourth-order valence-electron chi connectivity index (χ4n) is 2.40. The molecule has 0 aliphatic rings. The summed E-state index contributed by atoms with van der Waals surface area (Å²) in [7, 11) is 4.10. The Morgan fingerprint density at radius 1 is 1.10 bits per heavy atom. The van der Waals surface area contributed by atoms with E-state index in [1.54, 1.807) is 12.1 Å². The molecule has 0 radical (unpaired) electrons. The van der Waals surface area contributed by atoms with E-state index >= 15 is 0 Å². The molecule has 1 unspecified atom stereocenters. The van der Waals surface area contributed by atoms with Crippen LogP contribution in [0.25, 0.3) is 0 Å². The van der Waals surface area contributed by atoms with Gasteiger partial charge in [-0.2, -0.15) is 0 Å². The minimum atomic E-state index is 0.245. The molecule has 0 fully saturated rings. The second-order valence-electron chi connectivity index (χ2n) is 5.59. The number of phenols is 1. The minimum absolute atomic E-state index is 0.245. The van der Waals surface area contributed by atoms with E-state index in [4.69, 9.17) is 0 Å². The topological polar surface area (TPSA) is 35.5 Å². The summed E-state index contributed by atoms with van der Waals surface area (Å²) in [4.78, 5) is 2.11. The lowest BCUT2D eigenvalue weighted by atomic mass is 10.0. The number of aryl methyl sites for hydroxylation is 1. The normalized spacial score (nSPS) is 12.0. The average Bonchev–Trinajstić information content (AvgIpc) is 2.47. The number of benzene rings is 2. The van der Waals surface area contributed by atoms with Crippen LogP contribution in [0.4, 0.5) is 11.4 Å². The van der Waals surface area contributed by atoms with Crippen molar-refractivity contribution < 1.29 is 5.11 Å². The zero-order valence-electron chi connectivity index (χ0n) is 13.2. The lowest BCUT2D eigenvalue weighted by molar-refractivity contribution is 0.475. The Hall–Kier alpha value is -2.16. The third-order valence-corrected chi connectivity index (χ3v) is 3.76. The number of aromatic hydroxyl groups is 1. The van der Waals surface area contributed by atoms with E-state index in [1.165, 1.54) is 16.8 Å². The first-order valence-electron chi connectivity index (χ1n) is 7.34. The van der Waals surface area contributed by atoms with E-state index in [0.29, 0.717) is 5.75 Å². The highest BCUT2D eigenvalue weighted by atomic mass is 16.3. The van der Waals surface area contributed by atoms with Gasteiger partial charge in [-0.3, -0.25) is 0 Å². The maximum absolute atomic E-state index is 9.40. The van der Waals surface area contributed by atoms with E-state index in [2.05, 4.69) is 42.3 Å². The van der Waals surface area contributed by atoms with E-state index in [-0.39, 0.29) is 6.04 Å². The second-order valence-corrected chi connectivity index (χ2v) is 5.59. The van der Waals surface area contributed by atoms with Crippen LogP contribution in [0, 0.1) is 6.92 Å². The SMILES string of the molecule is CCC(Nc1ccc(N(C)C)cc1C)c1ccc(O)cc1. The van der Waals surface area contributed by atoms with Gasteiger partial charge in [0.25, 0.3) is 0 Å². The first-order chi connectivity index (χ1) is 10.0. The molecule has 2 rings (SSSR count). The second kappa shape index (κ2) is 6.53. The van der Waals surface area contributed by atoms with Gasteiger partial charge in [0.05, 0.1) is 6.04 Å². The van der Waals surface area contributed by atoms with Crippen LogP contribution in [0.1, 0.15) is 30.5 Å². The molecule has 3 nitrogen and oxygen atoms in total. The smallest absolute Gasteiger partial charge is 0.115 e. The summed E-state index contributed by atoms with van der Waals surface area (Å²) in [6.45, 7) is 4.28. The van der Waals surface area contributed by atoms with Crippen molar-refractivity contribution >= 4 is 11.4 Å². The van der Waals surface area contributed by atoms with Crippen molar-refractivity contribution in [2.24, 2.45) is 0 Å². The Bertz CT molecular complexity index is 591. The molecule has 0 bridgehead atoms. The molecule has 0 spiro atoms. The fraction of sp³-hybridized carbons (Fsp3) is 0.333. The van der Waals surface area contributed by atoms with Crippen LogP contribution in [-0.4, -0.2) is 19.2 Å². The van der Waals surface area contributed by atoms with Crippen molar-refractivity contribution in [3.8, 4) is 5.75 Å². The standard InChI is InChI=1S/C18H24N2O/c1-5-17(14-6-9-16(21)10-7-14)19-18-11-8-15(20(3)4)12-13(18)2/h6-12,17,19,21H,5H2,1-4H3. The van der Waals surface area contributed by atoms with Gasteiger partial charge >= 0.3 is 0 Å².